The topological polar surface area (TPSA) is 62.3 Å². The zero-order valence-electron chi connectivity index (χ0n) is 22.8. The van der Waals surface area contributed by atoms with Crippen LogP contribution >= 0.6 is 0 Å². The van der Waals surface area contributed by atoms with Crippen LogP contribution in [0.15, 0.2) is 103 Å². The molecule has 0 spiro atoms. The first-order valence-corrected chi connectivity index (χ1v) is 13.3. The second kappa shape index (κ2) is 12.6. The first kappa shape index (κ1) is 27.8. The molecule has 2 aliphatic carbocycles. The fraction of sp³-hybridized carbons (Fsp3) is 0.273. The number of rotatable bonds is 7. The predicted octanol–water partition coefficient (Wildman–Crippen LogP) is 6.36. The predicted molar refractivity (Wildman–Crippen MR) is 154 cm³/mol. The maximum absolute atomic E-state index is 13.5. The van der Waals surface area contributed by atoms with Crippen molar-refractivity contribution in [2.75, 3.05) is 7.05 Å². The number of hydrazone groups is 1. The molecule has 0 aromatic heterocycles. The lowest BCUT2D eigenvalue weighted by molar-refractivity contribution is -0.712. The quantitative estimate of drug-likeness (QED) is 0.215. The maximum Gasteiger partial charge on any atom is 0.229 e. The summed E-state index contributed by atoms with van der Waals surface area (Å²) in [5, 5.41) is 25.0. The molecule has 3 unspecified atom stereocenters. The van der Waals surface area contributed by atoms with Crippen LogP contribution in [0.25, 0.3) is 0 Å². The molecule has 0 saturated carbocycles. The van der Waals surface area contributed by atoms with E-state index in [1.807, 2.05) is 56.6 Å². The van der Waals surface area contributed by atoms with Crippen LogP contribution in [-0.2, 0) is 18.5 Å². The van der Waals surface area contributed by atoms with Crippen LogP contribution in [0.2, 0.25) is 0 Å². The van der Waals surface area contributed by atoms with E-state index >= 15 is 0 Å². The lowest BCUT2D eigenvalue weighted by Gasteiger charge is -2.42. The second-order valence-corrected chi connectivity index (χ2v) is 9.79. The number of allylic oxidation sites excluding steroid dienone is 2. The molecule has 5 nitrogen and oxygen atoms in total. The first-order valence-electron chi connectivity index (χ1n) is 13.3. The molecule has 0 radical (unpaired) electrons. The monoisotopic (exact) mass is 523 g/mol. The largest absolute Gasteiger partial charge is 0.510 e. The molecule has 200 valence electrons. The summed E-state index contributed by atoms with van der Waals surface area (Å²) in [5.41, 5.74) is 3.78. The van der Waals surface area contributed by atoms with Crippen molar-refractivity contribution in [1.82, 2.24) is 10.3 Å². The number of aryl methyl sites for hydroxylation is 1. The fourth-order valence-electron chi connectivity index (χ4n) is 5.72. The molecule has 0 amide bonds. The number of benzene rings is 3. The maximum atomic E-state index is 13.5. The van der Waals surface area contributed by atoms with E-state index in [2.05, 4.69) is 57.5 Å². The van der Waals surface area contributed by atoms with Crippen molar-refractivity contribution < 1.29 is 14.2 Å². The van der Waals surface area contributed by atoms with Crippen molar-refractivity contribution >= 4 is 6.21 Å². The van der Waals surface area contributed by atoms with Gasteiger partial charge < -0.3 is 5.11 Å². The molecule has 3 atom stereocenters. The number of aliphatic hydroxyl groups is 1. The number of aliphatic hydroxyl groups excluding tert-OH is 1. The Kier molecular flexibility index (Phi) is 8.96. The summed E-state index contributed by atoms with van der Waals surface area (Å²) in [6, 6.07) is 27.0. The van der Waals surface area contributed by atoms with Gasteiger partial charge in [0.05, 0.1) is 19.7 Å². The van der Waals surface area contributed by atoms with Gasteiger partial charge in [-0.1, -0.05) is 72.8 Å². The lowest BCUT2D eigenvalue weighted by atomic mass is 9.77. The number of fused-ring (bicyclic) bond motifs is 1. The molecule has 6 heteroatoms. The molecular formula is C33H36FN4O+. The number of hydrogen-bond acceptors (Lipinski definition) is 4. The van der Waals surface area contributed by atoms with E-state index < -0.39 is 5.54 Å². The minimum atomic E-state index is -0.873. The summed E-state index contributed by atoms with van der Waals surface area (Å²) in [4.78, 5) is 0. The Balaban J connectivity index is 0.00000112. The Labute approximate surface area is 230 Å². The Bertz CT molecular complexity index is 1390. The fourth-order valence-corrected chi connectivity index (χ4v) is 5.72. The Hall–Kier alpha value is -4.21. The van der Waals surface area contributed by atoms with Gasteiger partial charge in [-0.2, -0.15) is 10.3 Å². The van der Waals surface area contributed by atoms with E-state index in [9.17, 15) is 9.50 Å². The highest BCUT2D eigenvalue weighted by Gasteiger charge is 2.53. The normalized spacial score (nSPS) is 21.7. The number of nitriles is 1. The van der Waals surface area contributed by atoms with Crippen LogP contribution in [0.3, 0.4) is 0 Å². The van der Waals surface area contributed by atoms with Gasteiger partial charge in [0.25, 0.3) is 0 Å². The summed E-state index contributed by atoms with van der Waals surface area (Å²) in [6.45, 7) is 4.03. The van der Waals surface area contributed by atoms with Gasteiger partial charge in [-0.25, -0.2) is 4.39 Å². The molecule has 0 aliphatic heterocycles. The molecule has 2 N–H and O–H groups in total. The van der Waals surface area contributed by atoms with Crippen molar-refractivity contribution in [3.05, 3.63) is 131 Å². The van der Waals surface area contributed by atoms with E-state index in [0.29, 0.717) is 6.54 Å². The molecule has 5 rings (SSSR count). The van der Waals surface area contributed by atoms with Crippen LogP contribution in [-0.4, -0.2) is 34.1 Å². The van der Waals surface area contributed by atoms with Gasteiger partial charge in [0.1, 0.15) is 11.6 Å². The molecule has 3 aromatic carbocycles. The minimum absolute atomic E-state index is 0.104. The third kappa shape index (κ3) is 5.79. The van der Waals surface area contributed by atoms with Crippen molar-refractivity contribution in [2.24, 2.45) is 0 Å². The molecule has 2 aliphatic rings. The molecular weight excluding hydrogens is 487 g/mol. The Morgan fingerprint density at radius 3 is 2.46 bits per heavy atom. The third-order valence-corrected chi connectivity index (χ3v) is 7.43. The Morgan fingerprint density at radius 2 is 1.77 bits per heavy atom. The Morgan fingerprint density at radius 1 is 1.10 bits per heavy atom. The van der Waals surface area contributed by atoms with Gasteiger partial charge in [-0.05, 0) is 59.4 Å². The molecule has 0 saturated heterocycles. The number of halogens is 1. The molecule has 3 aromatic rings. The summed E-state index contributed by atoms with van der Waals surface area (Å²) < 4.78 is 15.6. The van der Waals surface area contributed by atoms with Crippen LogP contribution < -0.4 is 5.32 Å². The second-order valence-electron chi connectivity index (χ2n) is 9.79. The van der Waals surface area contributed by atoms with Crippen LogP contribution in [0, 0.1) is 17.1 Å². The first-order chi connectivity index (χ1) is 18.9. The van der Waals surface area contributed by atoms with Crippen LogP contribution in [0.1, 0.15) is 48.6 Å². The van der Waals surface area contributed by atoms with Gasteiger partial charge in [0.2, 0.25) is 6.04 Å². The van der Waals surface area contributed by atoms with Gasteiger partial charge in [-0.3, -0.25) is 5.32 Å². The smallest absolute Gasteiger partial charge is 0.229 e. The van der Waals surface area contributed by atoms with Crippen molar-refractivity contribution in [2.45, 2.75) is 50.9 Å². The van der Waals surface area contributed by atoms with Gasteiger partial charge in [-0.15, -0.1) is 4.68 Å². The van der Waals surface area contributed by atoms with Crippen LogP contribution in [0.4, 0.5) is 4.39 Å². The molecule has 0 fully saturated rings. The number of hydrogen-bond donors (Lipinski definition) is 2. The third-order valence-electron chi connectivity index (χ3n) is 7.43. The highest BCUT2D eigenvalue weighted by molar-refractivity contribution is 5.49. The van der Waals surface area contributed by atoms with E-state index in [4.69, 9.17) is 5.26 Å². The lowest BCUT2D eigenvalue weighted by Crippen LogP contribution is -2.60. The highest BCUT2D eigenvalue weighted by Crippen LogP contribution is 2.42. The molecule has 39 heavy (non-hydrogen) atoms. The average Bonchev–Trinajstić information content (AvgIpc) is 3.35. The van der Waals surface area contributed by atoms with E-state index in [1.165, 1.54) is 30.2 Å². The molecule has 0 heterocycles. The summed E-state index contributed by atoms with van der Waals surface area (Å²) >= 11 is 0. The van der Waals surface area contributed by atoms with Crippen molar-refractivity contribution in [3.63, 3.8) is 0 Å². The summed E-state index contributed by atoms with van der Waals surface area (Å²) in [6.07, 6.45) is 9.89. The standard InChI is InChI=1S/C31H32FN3O.C2H3N/c1-3-35(34(2)22-23-16-19-26(32)20-17-23)29-14-9-15-30(36)31(29,25-11-5-4-6-12-25)33-28-21-18-24-10-7-8-13-27(24)28;1-2-3/h3-17,19-20,28-29,33H,18,21-22H2,1-2H3;1H3/p+1. The number of nitrogens with one attached hydrogen (secondary N) is 1. The SMILES string of the molecule is CC#N.CC=[N+](C1C=CC=C(O)C1(NC1CCc2ccccc21)c1ccccc1)N(C)Cc1ccc(F)cc1. The average molecular weight is 524 g/mol. The van der Waals surface area contributed by atoms with Crippen molar-refractivity contribution in [3.8, 4) is 6.07 Å². The van der Waals surface area contributed by atoms with Gasteiger partial charge >= 0.3 is 0 Å². The highest BCUT2D eigenvalue weighted by atomic mass is 19.1. The number of nitrogens with zero attached hydrogens (tertiary/aromatic N) is 3. The van der Waals surface area contributed by atoms with Crippen LogP contribution in [0.5, 0.6) is 0 Å². The van der Waals surface area contributed by atoms with E-state index in [0.717, 1.165) is 24.0 Å². The summed E-state index contributed by atoms with van der Waals surface area (Å²) in [7, 11) is 2.02. The summed E-state index contributed by atoms with van der Waals surface area (Å²) in [5.74, 6) is 0.0438. The van der Waals surface area contributed by atoms with Gasteiger partial charge in [0.15, 0.2) is 11.8 Å². The number of hydrazine groups is 1. The zero-order chi connectivity index (χ0) is 27.8. The molecule has 0 bridgehead atoms. The minimum Gasteiger partial charge on any atom is -0.510 e. The van der Waals surface area contributed by atoms with Gasteiger partial charge in [0, 0.05) is 19.9 Å². The van der Waals surface area contributed by atoms with E-state index in [-0.39, 0.29) is 23.7 Å². The van der Waals surface area contributed by atoms with Crippen molar-refractivity contribution in [1.29, 1.82) is 5.26 Å². The zero-order valence-corrected chi connectivity index (χ0v) is 22.8. The van der Waals surface area contributed by atoms with E-state index in [1.54, 1.807) is 12.1 Å².